The Bertz CT molecular complexity index is 296. The Kier molecular flexibility index (Phi) is 6.89. The molecule has 0 radical (unpaired) electrons. The van der Waals surface area contributed by atoms with E-state index in [0.29, 0.717) is 11.1 Å². The molecule has 1 spiro atoms. The summed E-state index contributed by atoms with van der Waals surface area (Å²) in [6.07, 6.45) is 11.0. The molecule has 2 aliphatic rings. The van der Waals surface area contributed by atoms with E-state index in [-0.39, 0.29) is 0 Å². The van der Waals surface area contributed by atoms with Crippen LogP contribution in [0.1, 0.15) is 72.1 Å². The number of hydrogen-bond donors (Lipinski definition) is 1. The average Bonchev–Trinajstić information content (AvgIpc) is 2.53. The molecule has 0 amide bonds. The molecule has 1 saturated carbocycles. The molecule has 1 N–H and O–H groups in total. The van der Waals surface area contributed by atoms with Gasteiger partial charge in [-0.05, 0) is 50.2 Å². The number of nitrogens with one attached hydrogen (secondary N) is 1. The van der Waals surface area contributed by atoms with Gasteiger partial charge in [-0.25, -0.2) is 0 Å². The van der Waals surface area contributed by atoms with Gasteiger partial charge in [0.15, 0.2) is 0 Å². The van der Waals surface area contributed by atoms with Gasteiger partial charge in [-0.1, -0.05) is 40.0 Å². The number of hydrogen-bond acceptors (Lipinski definition) is 3. The summed E-state index contributed by atoms with van der Waals surface area (Å²) in [5.41, 5.74) is 0.865. The van der Waals surface area contributed by atoms with E-state index in [1.54, 1.807) is 0 Å². The van der Waals surface area contributed by atoms with Gasteiger partial charge in [-0.15, -0.1) is 0 Å². The van der Waals surface area contributed by atoms with Gasteiger partial charge in [0.05, 0.1) is 0 Å². The average molecular weight is 313 g/mol. The van der Waals surface area contributed by atoms with Crippen molar-refractivity contribution in [3.05, 3.63) is 0 Å². The van der Waals surface area contributed by atoms with E-state index in [2.05, 4.69) is 42.7 Å². The molecule has 1 heterocycles. The number of thioether (sulfide) groups is 1. The van der Waals surface area contributed by atoms with Gasteiger partial charge in [0, 0.05) is 24.2 Å². The summed E-state index contributed by atoms with van der Waals surface area (Å²) in [5.74, 6) is 2.59. The Balaban J connectivity index is 2.00. The molecule has 1 aliphatic heterocycles. The summed E-state index contributed by atoms with van der Waals surface area (Å²) in [5, 5.41) is 4.01. The van der Waals surface area contributed by atoms with Crippen molar-refractivity contribution in [1.29, 1.82) is 0 Å². The molecule has 1 aliphatic carbocycles. The highest BCUT2D eigenvalue weighted by molar-refractivity contribution is 7.99. The summed E-state index contributed by atoms with van der Waals surface area (Å²) in [6, 6.07) is 0. The van der Waals surface area contributed by atoms with Crippen molar-refractivity contribution < 1.29 is 0 Å². The van der Waals surface area contributed by atoms with Crippen molar-refractivity contribution in [2.24, 2.45) is 0 Å². The lowest BCUT2D eigenvalue weighted by molar-refractivity contribution is -0.0138. The van der Waals surface area contributed by atoms with E-state index >= 15 is 0 Å². The second-order valence-electron chi connectivity index (χ2n) is 7.10. The molecular formula is C18H36N2S. The van der Waals surface area contributed by atoms with E-state index in [1.807, 2.05) is 0 Å². The van der Waals surface area contributed by atoms with Crippen molar-refractivity contribution in [1.82, 2.24) is 10.2 Å². The number of nitrogens with zero attached hydrogens (tertiary/aromatic N) is 1. The van der Waals surface area contributed by atoms with Gasteiger partial charge >= 0.3 is 0 Å². The van der Waals surface area contributed by atoms with Gasteiger partial charge in [0.1, 0.15) is 0 Å². The van der Waals surface area contributed by atoms with Crippen LogP contribution in [0.15, 0.2) is 0 Å². The smallest absolute Gasteiger partial charge is 0.0329 e. The highest BCUT2D eigenvalue weighted by Gasteiger charge is 2.45. The Morgan fingerprint density at radius 3 is 2.38 bits per heavy atom. The van der Waals surface area contributed by atoms with Gasteiger partial charge in [-0.3, -0.25) is 4.90 Å². The highest BCUT2D eigenvalue weighted by atomic mass is 32.2. The quantitative estimate of drug-likeness (QED) is 0.706. The summed E-state index contributed by atoms with van der Waals surface area (Å²) in [6.45, 7) is 10.9. The molecule has 2 fully saturated rings. The molecular weight excluding hydrogens is 276 g/mol. The van der Waals surface area contributed by atoms with Crippen LogP contribution < -0.4 is 5.32 Å². The maximum absolute atomic E-state index is 4.01. The van der Waals surface area contributed by atoms with Crippen molar-refractivity contribution >= 4 is 11.8 Å². The van der Waals surface area contributed by atoms with E-state index < -0.39 is 0 Å². The minimum atomic E-state index is 0.416. The molecule has 0 aromatic carbocycles. The summed E-state index contributed by atoms with van der Waals surface area (Å²) in [7, 11) is 0. The lowest BCUT2D eigenvalue weighted by Crippen LogP contribution is -2.70. The zero-order valence-corrected chi connectivity index (χ0v) is 15.4. The zero-order valence-electron chi connectivity index (χ0n) is 14.5. The summed E-state index contributed by atoms with van der Waals surface area (Å²) < 4.78 is 0. The fourth-order valence-corrected chi connectivity index (χ4v) is 5.00. The lowest BCUT2D eigenvalue weighted by atomic mass is 9.75. The molecule has 3 heteroatoms. The molecule has 0 aromatic heterocycles. The molecule has 124 valence electrons. The van der Waals surface area contributed by atoms with E-state index in [0.717, 1.165) is 0 Å². The van der Waals surface area contributed by atoms with Gasteiger partial charge in [0.25, 0.3) is 0 Å². The van der Waals surface area contributed by atoms with Crippen molar-refractivity contribution in [3.8, 4) is 0 Å². The monoisotopic (exact) mass is 312 g/mol. The van der Waals surface area contributed by atoms with Crippen LogP contribution in [0, 0.1) is 0 Å². The molecule has 0 unspecified atom stereocenters. The summed E-state index contributed by atoms with van der Waals surface area (Å²) >= 11 is 2.10. The summed E-state index contributed by atoms with van der Waals surface area (Å²) in [4.78, 5) is 2.88. The zero-order chi connectivity index (χ0) is 15.2. The largest absolute Gasteiger partial charge is 0.308 e. The first-order chi connectivity index (χ1) is 10.2. The Morgan fingerprint density at radius 2 is 1.76 bits per heavy atom. The third-order valence-corrected chi connectivity index (χ3v) is 6.99. The first-order valence-electron chi connectivity index (χ1n) is 9.28. The third-order valence-electron chi connectivity index (χ3n) is 6.00. The Hall–Kier alpha value is 0.270. The van der Waals surface area contributed by atoms with E-state index in [9.17, 15) is 0 Å². The van der Waals surface area contributed by atoms with Crippen molar-refractivity contribution in [2.75, 3.05) is 31.1 Å². The van der Waals surface area contributed by atoms with Gasteiger partial charge in [0.2, 0.25) is 0 Å². The van der Waals surface area contributed by atoms with Crippen molar-refractivity contribution in [2.45, 2.75) is 83.2 Å². The predicted octanol–water partition coefficient (Wildman–Crippen LogP) is 4.30. The normalized spacial score (nSPS) is 25.3. The fraction of sp³-hybridized carbons (Fsp3) is 1.00. The third kappa shape index (κ3) is 4.17. The second kappa shape index (κ2) is 8.21. The van der Waals surface area contributed by atoms with Crippen LogP contribution >= 0.6 is 11.8 Å². The molecule has 2 rings (SSSR count). The first-order valence-corrected chi connectivity index (χ1v) is 10.4. The molecule has 0 aromatic rings. The molecule has 0 bridgehead atoms. The van der Waals surface area contributed by atoms with Crippen LogP contribution in [0.2, 0.25) is 0 Å². The molecule has 0 atom stereocenters. The molecule has 1 saturated heterocycles. The first kappa shape index (κ1) is 17.6. The fourth-order valence-electron chi connectivity index (χ4n) is 4.38. The van der Waals surface area contributed by atoms with Crippen LogP contribution in [-0.4, -0.2) is 47.1 Å². The predicted molar refractivity (Wildman–Crippen MR) is 96.3 cm³/mol. The highest BCUT2D eigenvalue weighted by Crippen LogP contribution is 2.37. The topological polar surface area (TPSA) is 15.3 Å². The Morgan fingerprint density at radius 1 is 1.05 bits per heavy atom. The van der Waals surface area contributed by atoms with Gasteiger partial charge < -0.3 is 5.32 Å². The standard InChI is InChI=1S/C18H36N2S/c1-4-18(5-2)15-19-17(11-8-7-9-12-17)16-20(18)13-10-14-21-6-3/h19H,4-16H2,1-3H3. The van der Waals surface area contributed by atoms with Crippen LogP contribution in [-0.2, 0) is 0 Å². The van der Waals surface area contributed by atoms with E-state index in [1.165, 1.54) is 82.5 Å². The van der Waals surface area contributed by atoms with Crippen LogP contribution in [0.3, 0.4) is 0 Å². The Labute approximate surface area is 136 Å². The molecule has 21 heavy (non-hydrogen) atoms. The van der Waals surface area contributed by atoms with Crippen LogP contribution in [0.5, 0.6) is 0 Å². The van der Waals surface area contributed by atoms with Crippen LogP contribution in [0.4, 0.5) is 0 Å². The molecule has 2 nitrogen and oxygen atoms in total. The van der Waals surface area contributed by atoms with Crippen LogP contribution in [0.25, 0.3) is 0 Å². The number of rotatable bonds is 7. The minimum Gasteiger partial charge on any atom is -0.308 e. The second-order valence-corrected chi connectivity index (χ2v) is 8.49. The maximum atomic E-state index is 4.01. The van der Waals surface area contributed by atoms with Gasteiger partial charge in [-0.2, -0.15) is 11.8 Å². The maximum Gasteiger partial charge on any atom is 0.0329 e. The van der Waals surface area contributed by atoms with E-state index in [4.69, 9.17) is 0 Å². The lowest BCUT2D eigenvalue weighted by Gasteiger charge is -2.56. The SMILES string of the molecule is CCSCCCN1CC2(CCCCC2)NCC1(CC)CC. The minimum absolute atomic E-state index is 0.416. The van der Waals surface area contributed by atoms with Crippen molar-refractivity contribution in [3.63, 3.8) is 0 Å². The number of piperazine rings is 1.